The van der Waals surface area contributed by atoms with Gasteiger partial charge in [0.1, 0.15) is 5.69 Å². The van der Waals surface area contributed by atoms with E-state index in [1.54, 1.807) is 16.7 Å². The zero-order chi connectivity index (χ0) is 13.1. The number of nitrogens with one attached hydrogen (secondary N) is 1. The fourth-order valence-electron chi connectivity index (χ4n) is 1.93. The van der Waals surface area contributed by atoms with Gasteiger partial charge in [-0.05, 0) is 25.3 Å². The summed E-state index contributed by atoms with van der Waals surface area (Å²) in [6.07, 6.45) is 2.05. The number of fused-ring (bicyclic) bond motifs is 1. The minimum atomic E-state index is 0.0488. The molecule has 0 aliphatic rings. The molecule has 0 spiro atoms. The Labute approximate surface area is 112 Å². The first-order valence-electron chi connectivity index (χ1n) is 5.97. The zero-order valence-electron chi connectivity index (χ0n) is 10.9. The second kappa shape index (κ2) is 5.48. The van der Waals surface area contributed by atoms with E-state index >= 15 is 0 Å². The Morgan fingerprint density at radius 1 is 1.44 bits per heavy atom. The molecule has 0 saturated heterocycles. The number of amides is 1. The molecule has 1 amide bonds. The fraction of sp³-hybridized carbons (Fsp3) is 0.357. The van der Waals surface area contributed by atoms with Crippen molar-refractivity contribution >= 4 is 28.6 Å². The van der Waals surface area contributed by atoms with Gasteiger partial charge in [-0.15, -0.1) is 0 Å². The third-order valence-corrected chi connectivity index (χ3v) is 3.97. The molecule has 0 bridgehead atoms. The van der Waals surface area contributed by atoms with Crippen molar-refractivity contribution in [2.75, 3.05) is 19.1 Å². The van der Waals surface area contributed by atoms with Gasteiger partial charge in [-0.1, -0.05) is 18.2 Å². The number of carbonyl (C=O) groups is 1. The number of carbonyl (C=O) groups excluding carboxylic acids is 1. The van der Waals surface area contributed by atoms with E-state index in [2.05, 4.69) is 18.2 Å². The highest BCUT2D eigenvalue weighted by Crippen LogP contribution is 2.16. The first-order chi connectivity index (χ1) is 8.63. The largest absolute Gasteiger partial charge is 0.351 e. The predicted octanol–water partition coefficient (Wildman–Crippen LogP) is 2.99. The van der Waals surface area contributed by atoms with Crippen molar-refractivity contribution in [3.05, 3.63) is 36.0 Å². The Hall–Kier alpha value is -1.42. The average Bonchev–Trinajstić information content (AvgIpc) is 2.81. The molecule has 1 unspecified atom stereocenters. The lowest BCUT2D eigenvalue weighted by molar-refractivity contribution is 0.0752. The number of thioether (sulfide) groups is 1. The molecule has 1 aromatic carbocycles. The van der Waals surface area contributed by atoms with E-state index in [-0.39, 0.29) is 11.9 Å². The maximum Gasteiger partial charge on any atom is 0.270 e. The molecule has 1 aromatic heterocycles. The molecule has 4 heteroatoms. The summed E-state index contributed by atoms with van der Waals surface area (Å²) in [5, 5.41) is 1.08. The number of para-hydroxylation sites is 1. The minimum absolute atomic E-state index is 0.0488. The molecule has 1 N–H and O–H groups in total. The molecule has 96 valence electrons. The van der Waals surface area contributed by atoms with E-state index in [1.165, 1.54) is 0 Å². The Balaban J connectivity index is 2.22. The molecule has 0 aliphatic heterocycles. The van der Waals surface area contributed by atoms with Gasteiger partial charge < -0.3 is 9.88 Å². The smallest absolute Gasteiger partial charge is 0.270 e. The molecule has 0 aliphatic carbocycles. The van der Waals surface area contributed by atoms with Crippen molar-refractivity contribution in [1.29, 1.82) is 0 Å². The van der Waals surface area contributed by atoms with Crippen LogP contribution in [0.25, 0.3) is 10.9 Å². The first kappa shape index (κ1) is 13.0. The monoisotopic (exact) mass is 262 g/mol. The van der Waals surface area contributed by atoms with Crippen LogP contribution >= 0.6 is 11.8 Å². The number of aromatic amines is 1. The predicted molar refractivity (Wildman–Crippen MR) is 78.2 cm³/mol. The lowest BCUT2D eigenvalue weighted by atomic mass is 10.2. The van der Waals surface area contributed by atoms with Gasteiger partial charge in [0.05, 0.1) is 0 Å². The van der Waals surface area contributed by atoms with Gasteiger partial charge in [0.25, 0.3) is 5.91 Å². The van der Waals surface area contributed by atoms with E-state index in [0.29, 0.717) is 5.69 Å². The SMILES string of the molecule is CSCC(C)N(C)C(=O)c1cc2ccccc2[nH]1. The van der Waals surface area contributed by atoms with E-state index in [0.717, 1.165) is 16.7 Å². The molecular weight excluding hydrogens is 244 g/mol. The van der Waals surface area contributed by atoms with Crippen LogP contribution in [0.3, 0.4) is 0 Å². The minimum Gasteiger partial charge on any atom is -0.351 e. The summed E-state index contributed by atoms with van der Waals surface area (Å²) in [4.78, 5) is 17.3. The third kappa shape index (κ3) is 2.53. The van der Waals surface area contributed by atoms with Crippen LogP contribution in [0.5, 0.6) is 0 Å². The van der Waals surface area contributed by atoms with E-state index in [1.807, 2.05) is 37.4 Å². The summed E-state index contributed by atoms with van der Waals surface area (Å²) < 4.78 is 0. The van der Waals surface area contributed by atoms with E-state index < -0.39 is 0 Å². The van der Waals surface area contributed by atoms with Crippen molar-refractivity contribution in [3.63, 3.8) is 0 Å². The summed E-state index contributed by atoms with van der Waals surface area (Å²) in [5.74, 6) is 0.996. The molecule has 1 heterocycles. The average molecular weight is 262 g/mol. The number of aromatic nitrogens is 1. The van der Waals surface area contributed by atoms with Gasteiger partial charge in [-0.3, -0.25) is 4.79 Å². The quantitative estimate of drug-likeness (QED) is 0.919. The van der Waals surface area contributed by atoms with Crippen molar-refractivity contribution in [2.24, 2.45) is 0 Å². The highest BCUT2D eigenvalue weighted by Gasteiger charge is 2.18. The highest BCUT2D eigenvalue weighted by molar-refractivity contribution is 7.98. The Morgan fingerprint density at radius 3 is 2.83 bits per heavy atom. The lowest BCUT2D eigenvalue weighted by Gasteiger charge is -2.23. The number of H-pyrrole nitrogens is 1. The Kier molecular flexibility index (Phi) is 3.97. The third-order valence-electron chi connectivity index (χ3n) is 3.15. The van der Waals surface area contributed by atoms with E-state index in [9.17, 15) is 4.79 Å². The molecule has 0 radical (unpaired) electrons. The molecule has 0 saturated carbocycles. The van der Waals surface area contributed by atoms with Crippen LogP contribution in [-0.4, -0.2) is 40.9 Å². The number of hydrogen-bond donors (Lipinski definition) is 1. The number of hydrogen-bond acceptors (Lipinski definition) is 2. The van der Waals surface area contributed by atoms with Crippen molar-refractivity contribution in [3.8, 4) is 0 Å². The topological polar surface area (TPSA) is 36.1 Å². The summed E-state index contributed by atoms with van der Waals surface area (Å²) in [7, 11) is 1.86. The molecule has 0 fully saturated rings. The summed E-state index contributed by atoms with van der Waals surface area (Å²) in [6.45, 7) is 2.07. The van der Waals surface area contributed by atoms with Gasteiger partial charge in [-0.2, -0.15) is 11.8 Å². The second-order valence-electron chi connectivity index (χ2n) is 4.49. The van der Waals surface area contributed by atoms with Gasteiger partial charge in [0, 0.05) is 29.7 Å². The van der Waals surface area contributed by atoms with Crippen LogP contribution in [0.4, 0.5) is 0 Å². The Morgan fingerprint density at radius 2 is 2.17 bits per heavy atom. The van der Waals surface area contributed by atoms with Crippen LogP contribution in [0.1, 0.15) is 17.4 Å². The van der Waals surface area contributed by atoms with Crippen molar-refractivity contribution < 1.29 is 4.79 Å². The van der Waals surface area contributed by atoms with E-state index in [4.69, 9.17) is 0 Å². The summed E-state index contributed by atoms with van der Waals surface area (Å²) in [5.41, 5.74) is 1.67. The van der Waals surface area contributed by atoms with Crippen LogP contribution < -0.4 is 0 Å². The van der Waals surface area contributed by atoms with Gasteiger partial charge in [0.2, 0.25) is 0 Å². The highest BCUT2D eigenvalue weighted by atomic mass is 32.2. The fourth-order valence-corrected chi connectivity index (χ4v) is 2.64. The summed E-state index contributed by atoms with van der Waals surface area (Å²) >= 11 is 1.75. The number of nitrogens with zero attached hydrogens (tertiary/aromatic N) is 1. The maximum absolute atomic E-state index is 12.3. The van der Waals surface area contributed by atoms with Gasteiger partial charge >= 0.3 is 0 Å². The maximum atomic E-state index is 12.3. The second-order valence-corrected chi connectivity index (χ2v) is 5.40. The van der Waals surface area contributed by atoms with Crippen LogP contribution in [-0.2, 0) is 0 Å². The molecule has 3 nitrogen and oxygen atoms in total. The van der Waals surface area contributed by atoms with Gasteiger partial charge in [0.15, 0.2) is 0 Å². The summed E-state index contributed by atoms with van der Waals surface area (Å²) in [6, 6.07) is 10.1. The van der Waals surface area contributed by atoms with Crippen LogP contribution in [0.15, 0.2) is 30.3 Å². The molecular formula is C14H18N2OS. The lowest BCUT2D eigenvalue weighted by Crippen LogP contribution is -2.36. The molecule has 2 rings (SSSR count). The first-order valence-corrected chi connectivity index (χ1v) is 7.36. The number of benzene rings is 1. The Bertz CT molecular complexity index is 516. The number of rotatable bonds is 4. The van der Waals surface area contributed by atoms with Crippen LogP contribution in [0.2, 0.25) is 0 Å². The van der Waals surface area contributed by atoms with Crippen molar-refractivity contribution in [1.82, 2.24) is 9.88 Å². The molecule has 2 aromatic rings. The normalized spacial score (nSPS) is 12.6. The standard InChI is InChI=1S/C14H18N2OS/c1-10(9-18-3)16(2)14(17)13-8-11-6-4-5-7-12(11)15-13/h4-8,10,15H,9H2,1-3H3. The van der Waals surface area contributed by atoms with Crippen molar-refractivity contribution in [2.45, 2.75) is 13.0 Å². The molecule has 18 heavy (non-hydrogen) atoms. The van der Waals surface area contributed by atoms with Crippen LogP contribution in [0, 0.1) is 0 Å². The van der Waals surface area contributed by atoms with Gasteiger partial charge in [-0.25, -0.2) is 0 Å². The molecule has 1 atom stereocenters. The zero-order valence-corrected chi connectivity index (χ0v) is 11.8.